The molecule has 31 heavy (non-hydrogen) atoms. The predicted molar refractivity (Wildman–Crippen MR) is 105 cm³/mol. The predicted octanol–water partition coefficient (Wildman–Crippen LogP) is 3.51. The van der Waals surface area contributed by atoms with E-state index >= 15 is 0 Å². The summed E-state index contributed by atoms with van der Waals surface area (Å²) in [5, 5.41) is 2.83. The molecule has 2 atom stereocenters. The van der Waals surface area contributed by atoms with E-state index in [1.165, 1.54) is 4.90 Å². The molecular weight excluding hydrogens is 413 g/mol. The molecule has 0 aromatic heterocycles. The fourth-order valence-corrected chi connectivity index (χ4v) is 3.93. The second-order valence-corrected chi connectivity index (χ2v) is 7.40. The van der Waals surface area contributed by atoms with Gasteiger partial charge in [0.05, 0.1) is 6.61 Å². The number of hydrogen-bond acceptors (Lipinski definition) is 5. The molecule has 0 aliphatic carbocycles. The molecule has 0 saturated carbocycles. The zero-order valence-corrected chi connectivity index (χ0v) is 16.5. The van der Waals surface area contributed by atoms with Crippen molar-refractivity contribution in [1.29, 1.82) is 0 Å². The average molecular weight is 434 g/mol. The first-order chi connectivity index (χ1) is 14.8. The highest BCUT2D eigenvalue weighted by Gasteiger charge is 2.45. The number of esters is 1. The fraction of sp³-hybridized carbons (Fsp3) is 0.364. The molecule has 0 fully saturated rings. The Hall–Kier alpha value is -3.07. The molecule has 2 aromatic carbocycles. The number of para-hydroxylation sites is 2. The molecule has 2 heterocycles. The van der Waals surface area contributed by atoms with Crippen molar-refractivity contribution in [3.63, 3.8) is 0 Å². The quantitative estimate of drug-likeness (QED) is 0.589. The summed E-state index contributed by atoms with van der Waals surface area (Å²) in [5.41, 5.74) is 2.22. The lowest BCUT2D eigenvalue weighted by Crippen LogP contribution is -2.53. The first-order valence-electron chi connectivity index (χ1n) is 9.99. The lowest BCUT2D eigenvalue weighted by Gasteiger charge is -2.34. The third-order valence-corrected chi connectivity index (χ3v) is 5.37. The second kappa shape index (κ2) is 8.58. The van der Waals surface area contributed by atoms with Crippen LogP contribution in [-0.2, 0) is 20.7 Å². The average Bonchev–Trinajstić information content (AvgIpc) is 2.77. The van der Waals surface area contributed by atoms with Gasteiger partial charge in [-0.2, -0.15) is 13.2 Å². The van der Waals surface area contributed by atoms with Crippen LogP contribution in [0.5, 0.6) is 5.75 Å². The third-order valence-electron chi connectivity index (χ3n) is 5.37. The van der Waals surface area contributed by atoms with Crippen LogP contribution in [0.4, 0.5) is 18.9 Å². The van der Waals surface area contributed by atoms with Crippen molar-refractivity contribution in [3.05, 3.63) is 59.7 Å². The van der Waals surface area contributed by atoms with E-state index in [2.05, 4.69) is 10.1 Å². The first kappa shape index (κ1) is 21.2. The van der Waals surface area contributed by atoms with E-state index in [-0.39, 0.29) is 0 Å². The zero-order chi connectivity index (χ0) is 22.0. The van der Waals surface area contributed by atoms with Crippen molar-refractivity contribution < 1.29 is 32.2 Å². The van der Waals surface area contributed by atoms with Gasteiger partial charge in [0.1, 0.15) is 5.75 Å². The highest BCUT2D eigenvalue weighted by molar-refractivity contribution is 5.98. The van der Waals surface area contributed by atoms with Gasteiger partial charge in [-0.1, -0.05) is 36.4 Å². The number of ether oxygens (including phenoxy) is 2. The Kier molecular flexibility index (Phi) is 5.86. The van der Waals surface area contributed by atoms with Crippen molar-refractivity contribution in [3.8, 4) is 5.75 Å². The topological polar surface area (TPSA) is 67.9 Å². The molecule has 1 N–H and O–H groups in total. The second-order valence-electron chi connectivity index (χ2n) is 7.40. The summed E-state index contributed by atoms with van der Waals surface area (Å²) in [6.07, 6.45) is -5.19. The summed E-state index contributed by atoms with van der Waals surface area (Å²) in [4.78, 5) is 26.3. The number of carbonyl (C=O) groups is 2. The van der Waals surface area contributed by atoms with Crippen LogP contribution in [0.25, 0.3) is 0 Å². The molecule has 0 radical (unpaired) electrons. The van der Waals surface area contributed by atoms with Crippen molar-refractivity contribution >= 4 is 17.6 Å². The fourth-order valence-electron chi connectivity index (χ4n) is 3.93. The Bertz CT molecular complexity index is 979. The van der Waals surface area contributed by atoms with E-state index in [1.54, 1.807) is 36.4 Å². The van der Waals surface area contributed by atoms with Crippen LogP contribution >= 0.6 is 0 Å². The minimum Gasteiger partial charge on any atom is -0.493 e. The van der Waals surface area contributed by atoms with Gasteiger partial charge in [-0.05, 0) is 30.5 Å². The van der Waals surface area contributed by atoms with Crippen molar-refractivity contribution in [2.24, 2.45) is 0 Å². The summed E-state index contributed by atoms with van der Waals surface area (Å²) in [6, 6.07) is 13.7. The smallest absolute Gasteiger partial charge is 0.490 e. The van der Waals surface area contributed by atoms with Crippen molar-refractivity contribution in [2.75, 3.05) is 18.1 Å². The molecular formula is C22H21F3N2O4. The number of halogens is 3. The van der Waals surface area contributed by atoms with Gasteiger partial charge >= 0.3 is 12.1 Å². The van der Waals surface area contributed by atoms with Gasteiger partial charge in [-0.15, -0.1) is 0 Å². The summed E-state index contributed by atoms with van der Waals surface area (Å²) in [7, 11) is 0. The number of nitrogens with zero attached hydrogens (tertiary/aromatic N) is 1. The number of carbonyl (C=O) groups excluding carboxylic acids is 2. The molecule has 1 amide bonds. The summed E-state index contributed by atoms with van der Waals surface area (Å²) >= 11 is 0. The minimum absolute atomic E-state index is 0.315. The lowest BCUT2D eigenvalue weighted by atomic mass is 10.00. The largest absolute Gasteiger partial charge is 0.493 e. The summed E-state index contributed by atoms with van der Waals surface area (Å²) in [5.74, 6) is -2.58. The highest BCUT2D eigenvalue weighted by Crippen LogP contribution is 2.33. The van der Waals surface area contributed by atoms with Gasteiger partial charge in [0.25, 0.3) is 5.91 Å². The van der Waals surface area contributed by atoms with E-state index in [9.17, 15) is 22.8 Å². The molecule has 2 aliphatic heterocycles. The number of rotatable bonds is 4. The molecule has 0 saturated heterocycles. The van der Waals surface area contributed by atoms with Gasteiger partial charge < -0.3 is 14.4 Å². The number of hydrogen-bond donors (Lipinski definition) is 1. The SMILES string of the molecule is O=C(C(NC1CCOc2ccccc21)OC(=O)C(F)(F)F)N1CCCc2ccccc21. The lowest BCUT2D eigenvalue weighted by molar-refractivity contribution is -0.206. The number of aryl methyl sites for hydroxylation is 1. The Morgan fingerprint density at radius 3 is 2.68 bits per heavy atom. The number of nitrogens with one attached hydrogen (secondary N) is 1. The highest BCUT2D eigenvalue weighted by atomic mass is 19.4. The molecule has 0 spiro atoms. The Morgan fingerprint density at radius 1 is 1.13 bits per heavy atom. The van der Waals surface area contributed by atoms with Gasteiger partial charge in [-0.3, -0.25) is 10.1 Å². The maximum absolute atomic E-state index is 13.3. The van der Waals surface area contributed by atoms with Crippen LogP contribution in [0.1, 0.15) is 30.0 Å². The Balaban J connectivity index is 1.63. The van der Waals surface area contributed by atoms with E-state index in [1.807, 2.05) is 12.1 Å². The number of alkyl halides is 3. The Morgan fingerprint density at radius 2 is 1.87 bits per heavy atom. The maximum atomic E-state index is 13.3. The summed E-state index contributed by atoms with van der Waals surface area (Å²) < 4.78 is 49.0. The van der Waals surface area contributed by atoms with Crippen LogP contribution in [0.15, 0.2) is 48.5 Å². The van der Waals surface area contributed by atoms with Crippen LogP contribution < -0.4 is 15.0 Å². The Labute approximate surface area is 176 Å². The van der Waals surface area contributed by atoms with Gasteiger partial charge in [0, 0.05) is 30.3 Å². The van der Waals surface area contributed by atoms with E-state index in [0.29, 0.717) is 43.0 Å². The van der Waals surface area contributed by atoms with Crippen molar-refractivity contribution in [2.45, 2.75) is 37.7 Å². The maximum Gasteiger partial charge on any atom is 0.490 e. The third kappa shape index (κ3) is 4.51. The molecule has 2 unspecified atom stereocenters. The zero-order valence-electron chi connectivity index (χ0n) is 16.5. The van der Waals surface area contributed by atoms with Crippen LogP contribution in [0.2, 0.25) is 0 Å². The molecule has 2 aliphatic rings. The molecule has 9 heteroatoms. The van der Waals surface area contributed by atoms with Gasteiger partial charge in [-0.25, -0.2) is 4.79 Å². The first-order valence-corrected chi connectivity index (χ1v) is 9.99. The summed E-state index contributed by atoms with van der Waals surface area (Å²) in [6.45, 7) is 0.636. The van der Waals surface area contributed by atoms with Gasteiger partial charge in [0.15, 0.2) is 0 Å². The number of amides is 1. The van der Waals surface area contributed by atoms with Crippen LogP contribution in [-0.4, -0.2) is 37.4 Å². The molecule has 164 valence electrons. The monoisotopic (exact) mass is 434 g/mol. The minimum atomic E-state index is -5.21. The molecule has 4 rings (SSSR count). The number of benzene rings is 2. The normalized spacial score (nSPS) is 18.9. The molecule has 6 nitrogen and oxygen atoms in total. The number of anilines is 1. The van der Waals surface area contributed by atoms with Gasteiger partial charge in [0.2, 0.25) is 6.23 Å². The van der Waals surface area contributed by atoms with Crippen LogP contribution in [0.3, 0.4) is 0 Å². The van der Waals surface area contributed by atoms with E-state index < -0.39 is 30.3 Å². The van der Waals surface area contributed by atoms with Crippen molar-refractivity contribution in [1.82, 2.24) is 5.32 Å². The molecule has 0 bridgehead atoms. The van der Waals surface area contributed by atoms with E-state index in [0.717, 1.165) is 12.0 Å². The van der Waals surface area contributed by atoms with E-state index in [4.69, 9.17) is 4.74 Å². The van der Waals surface area contributed by atoms with Crippen LogP contribution in [0, 0.1) is 0 Å². The standard InChI is InChI=1S/C22H21F3N2O4/c23-22(24,25)21(29)31-19(26-16-11-13-30-18-10-4-2-8-15(16)18)20(28)27-12-5-7-14-6-1-3-9-17(14)27/h1-4,6,8-10,16,19,26H,5,7,11-13H2. The number of fused-ring (bicyclic) bond motifs is 2. The molecule has 2 aromatic rings.